The van der Waals surface area contributed by atoms with Crippen LogP contribution in [-0.4, -0.2) is 30.2 Å². The summed E-state index contributed by atoms with van der Waals surface area (Å²) in [6.07, 6.45) is 1.59. The second-order valence-electron chi connectivity index (χ2n) is 6.10. The fraction of sp³-hybridized carbons (Fsp3) is 0.0556. The molecule has 0 fully saturated rings. The van der Waals surface area contributed by atoms with Crippen LogP contribution in [0, 0.1) is 11.6 Å². The molecule has 0 radical (unpaired) electrons. The summed E-state index contributed by atoms with van der Waals surface area (Å²) in [5.41, 5.74) is 2.49. The molecule has 0 bridgehead atoms. The molecule has 0 saturated carbocycles. The SMILES string of the molecule is Fc1ccc(CNc2ncc3c(n2)Nc2ccccc2-n2nnnc2-3)c(F)c1. The number of hydrogen-bond donors (Lipinski definition) is 2. The predicted molar refractivity (Wildman–Crippen MR) is 97.1 cm³/mol. The third kappa shape index (κ3) is 2.71. The van der Waals surface area contributed by atoms with Gasteiger partial charge in [0.15, 0.2) is 5.82 Å². The first kappa shape index (κ1) is 16.2. The van der Waals surface area contributed by atoms with Crippen LogP contribution in [0.2, 0.25) is 0 Å². The van der Waals surface area contributed by atoms with Crippen molar-refractivity contribution in [3.05, 3.63) is 65.9 Å². The minimum absolute atomic E-state index is 0.110. The average Bonchev–Trinajstić information content (AvgIpc) is 3.13. The van der Waals surface area contributed by atoms with Gasteiger partial charge in [0, 0.05) is 24.4 Å². The molecule has 2 N–H and O–H groups in total. The Hall–Kier alpha value is -3.95. The Morgan fingerprint density at radius 3 is 2.89 bits per heavy atom. The van der Waals surface area contributed by atoms with Crippen molar-refractivity contribution < 1.29 is 8.78 Å². The highest BCUT2D eigenvalue weighted by atomic mass is 19.1. The number of nitrogens with zero attached hydrogens (tertiary/aromatic N) is 6. The molecule has 8 nitrogen and oxygen atoms in total. The molecule has 5 rings (SSSR count). The first-order valence-electron chi connectivity index (χ1n) is 8.39. The smallest absolute Gasteiger partial charge is 0.224 e. The lowest BCUT2D eigenvalue weighted by atomic mass is 10.2. The number of benzene rings is 2. The normalized spacial score (nSPS) is 11.6. The van der Waals surface area contributed by atoms with Crippen molar-refractivity contribution in [1.29, 1.82) is 0 Å². The van der Waals surface area contributed by atoms with E-state index in [0.29, 0.717) is 22.8 Å². The maximum Gasteiger partial charge on any atom is 0.224 e. The van der Waals surface area contributed by atoms with E-state index >= 15 is 0 Å². The molecular weight excluding hydrogens is 366 g/mol. The van der Waals surface area contributed by atoms with E-state index in [2.05, 4.69) is 36.1 Å². The quantitative estimate of drug-likeness (QED) is 0.498. The second-order valence-corrected chi connectivity index (χ2v) is 6.10. The zero-order chi connectivity index (χ0) is 19.1. The van der Waals surface area contributed by atoms with Crippen molar-refractivity contribution >= 4 is 17.5 Å². The van der Waals surface area contributed by atoms with Gasteiger partial charge in [-0.15, -0.1) is 5.10 Å². The molecule has 0 aliphatic carbocycles. The van der Waals surface area contributed by atoms with E-state index < -0.39 is 11.6 Å². The van der Waals surface area contributed by atoms with Crippen molar-refractivity contribution in [2.75, 3.05) is 10.6 Å². The number of nitrogens with one attached hydrogen (secondary N) is 2. The summed E-state index contributed by atoms with van der Waals surface area (Å²) in [7, 11) is 0. The van der Waals surface area contributed by atoms with Crippen molar-refractivity contribution in [2.24, 2.45) is 0 Å². The Kier molecular flexibility index (Phi) is 3.68. The van der Waals surface area contributed by atoms with Crippen molar-refractivity contribution in [1.82, 2.24) is 30.2 Å². The van der Waals surface area contributed by atoms with Gasteiger partial charge < -0.3 is 10.6 Å². The Morgan fingerprint density at radius 2 is 2.00 bits per heavy atom. The number of anilines is 3. The molecule has 10 heteroatoms. The largest absolute Gasteiger partial charge is 0.350 e. The lowest BCUT2D eigenvalue weighted by molar-refractivity contribution is 0.574. The maximum atomic E-state index is 13.8. The highest BCUT2D eigenvalue weighted by Gasteiger charge is 2.23. The molecule has 2 aromatic carbocycles. The summed E-state index contributed by atoms with van der Waals surface area (Å²) in [4.78, 5) is 8.74. The molecule has 1 aliphatic heterocycles. The summed E-state index contributed by atoms with van der Waals surface area (Å²) >= 11 is 0. The predicted octanol–water partition coefficient (Wildman–Crippen LogP) is 3.07. The van der Waals surface area contributed by atoms with Gasteiger partial charge >= 0.3 is 0 Å². The van der Waals surface area contributed by atoms with Crippen LogP contribution in [0.4, 0.5) is 26.2 Å². The van der Waals surface area contributed by atoms with E-state index in [0.717, 1.165) is 17.4 Å². The Morgan fingerprint density at radius 1 is 1.11 bits per heavy atom. The second kappa shape index (κ2) is 6.34. The van der Waals surface area contributed by atoms with Gasteiger partial charge in [-0.25, -0.2) is 13.8 Å². The molecule has 0 amide bonds. The summed E-state index contributed by atoms with van der Waals surface area (Å²) < 4.78 is 28.5. The number of para-hydroxylation sites is 2. The van der Waals surface area contributed by atoms with Crippen molar-refractivity contribution in [2.45, 2.75) is 6.54 Å². The van der Waals surface area contributed by atoms with Gasteiger partial charge in [0.05, 0.1) is 16.9 Å². The van der Waals surface area contributed by atoms with Crippen LogP contribution in [0.15, 0.2) is 48.7 Å². The van der Waals surface area contributed by atoms with E-state index in [4.69, 9.17) is 0 Å². The zero-order valence-corrected chi connectivity index (χ0v) is 14.3. The molecule has 28 heavy (non-hydrogen) atoms. The summed E-state index contributed by atoms with van der Waals surface area (Å²) in [6, 6.07) is 11.0. The fourth-order valence-corrected chi connectivity index (χ4v) is 2.97. The minimum atomic E-state index is -0.631. The van der Waals surface area contributed by atoms with E-state index in [-0.39, 0.29) is 12.5 Å². The van der Waals surface area contributed by atoms with Crippen LogP contribution in [0.25, 0.3) is 17.1 Å². The Bertz CT molecular complexity index is 1190. The minimum Gasteiger partial charge on any atom is -0.350 e. The average molecular weight is 378 g/mol. The van der Waals surface area contributed by atoms with Gasteiger partial charge in [0.25, 0.3) is 0 Å². The summed E-state index contributed by atoms with van der Waals surface area (Å²) in [6.45, 7) is 0.110. The van der Waals surface area contributed by atoms with Crippen LogP contribution in [0.3, 0.4) is 0 Å². The molecule has 3 heterocycles. The van der Waals surface area contributed by atoms with E-state index in [1.54, 1.807) is 10.9 Å². The van der Waals surface area contributed by atoms with Crippen LogP contribution in [0.5, 0.6) is 0 Å². The van der Waals surface area contributed by atoms with Crippen LogP contribution < -0.4 is 10.6 Å². The molecule has 0 saturated heterocycles. The highest BCUT2D eigenvalue weighted by Crippen LogP contribution is 2.35. The molecule has 1 aliphatic rings. The molecular formula is C18H12F2N8. The Labute approximate surface area is 157 Å². The lowest BCUT2D eigenvalue weighted by Crippen LogP contribution is -2.07. The van der Waals surface area contributed by atoms with Crippen LogP contribution in [-0.2, 0) is 6.54 Å². The molecule has 0 unspecified atom stereocenters. The maximum absolute atomic E-state index is 13.8. The van der Waals surface area contributed by atoms with Gasteiger partial charge in [0.1, 0.15) is 17.5 Å². The van der Waals surface area contributed by atoms with Gasteiger partial charge in [-0.05, 0) is 28.6 Å². The molecule has 0 spiro atoms. The number of hydrogen-bond acceptors (Lipinski definition) is 7. The third-order valence-electron chi connectivity index (χ3n) is 4.34. The van der Waals surface area contributed by atoms with Crippen LogP contribution >= 0.6 is 0 Å². The number of fused-ring (bicyclic) bond motifs is 5. The molecule has 0 atom stereocenters. The Balaban J connectivity index is 1.49. The monoisotopic (exact) mass is 378 g/mol. The van der Waals surface area contributed by atoms with E-state index in [1.165, 1.54) is 12.1 Å². The first-order valence-corrected chi connectivity index (χ1v) is 8.39. The van der Waals surface area contributed by atoms with E-state index in [9.17, 15) is 8.78 Å². The number of halogens is 2. The number of tetrazole rings is 1. The molecule has 138 valence electrons. The molecule has 2 aromatic heterocycles. The third-order valence-corrected chi connectivity index (χ3v) is 4.34. The standard InChI is InChI=1S/C18H12F2N8/c19-11-6-5-10(13(20)7-11)8-21-18-22-9-12-16(24-18)23-14-3-1-2-4-15(14)28-17(12)25-26-27-28/h1-7,9H,8H2,(H2,21,22,23,24). The van der Waals surface area contributed by atoms with Gasteiger partial charge in [-0.3, -0.25) is 0 Å². The van der Waals surface area contributed by atoms with E-state index in [1.807, 2.05) is 24.3 Å². The number of rotatable bonds is 3. The van der Waals surface area contributed by atoms with Gasteiger partial charge in [-0.1, -0.05) is 18.2 Å². The van der Waals surface area contributed by atoms with Gasteiger partial charge in [-0.2, -0.15) is 9.67 Å². The first-order chi connectivity index (χ1) is 13.7. The van der Waals surface area contributed by atoms with Crippen LogP contribution in [0.1, 0.15) is 5.56 Å². The highest BCUT2D eigenvalue weighted by molar-refractivity contribution is 5.81. The van der Waals surface area contributed by atoms with Crippen molar-refractivity contribution in [3.63, 3.8) is 0 Å². The summed E-state index contributed by atoms with van der Waals surface area (Å²) in [5, 5.41) is 18.1. The molecule has 4 aromatic rings. The topological polar surface area (TPSA) is 93.4 Å². The fourth-order valence-electron chi connectivity index (χ4n) is 2.97. The lowest BCUT2D eigenvalue weighted by Gasteiger charge is -2.10. The van der Waals surface area contributed by atoms with Crippen molar-refractivity contribution in [3.8, 4) is 17.1 Å². The van der Waals surface area contributed by atoms with Gasteiger partial charge in [0.2, 0.25) is 5.95 Å². The number of aromatic nitrogens is 6. The summed E-state index contributed by atoms with van der Waals surface area (Å²) in [5.74, 6) is 0.0478. The zero-order valence-electron chi connectivity index (χ0n) is 14.3.